The van der Waals surface area contributed by atoms with Gasteiger partial charge in [0.1, 0.15) is 0 Å². The lowest BCUT2D eigenvalue weighted by Crippen LogP contribution is -2.14. The van der Waals surface area contributed by atoms with Gasteiger partial charge in [0.05, 0.1) is 31.0 Å². The van der Waals surface area contributed by atoms with E-state index in [1.54, 1.807) is 14.2 Å². The Kier molecular flexibility index (Phi) is 6.87. The molecule has 4 aromatic rings. The van der Waals surface area contributed by atoms with Gasteiger partial charge in [-0.3, -0.25) is 4.79 Å². The molecular formula is C28H31N3O3. The number of methoxy groups -OCH3 is 2. The molecule has 6 nitrogen and oxygen atoms in total. The summed E-state index contributed by atoms with van der Waals surface area (Å²) in [4.78, 5) is 17.5. The minimum absolute atomic E-state index is 0.426. The molecule has 1 amide bonds. The van der Waals surface area contributed by atoms with E-state index in [1.165, 1.54) is 0 Å². The predicted octanol–water partition coefficient (Wildman–Crippen LogP) is 5.32. The molecule has 2 aromatic carbocycles. The van der Waals surface area contributed by atoms with Crippen LogP contribution in [0.3, 0.4) is 0 Å². The summed E-state index contributed by atoms with van der Waals surface area (Å²) >= 11 is 0. The number of hydrogen-bond acceptors (Lipinski definition) is 4. The van der Waals surface area contributed by atoms with Gasteiger partial charge in [0.25, 0.3) is 5.91 Å². The normalized spacial score (nSPS) is 11.1. The molecule has 0 aliphatic rings. The number of hydrogen-bond donors (Lipinski definition) is 1. The summed E-state index contributed by atoms with van der Waals surface area (Å²) < 4.78 is 13.1. The Hall–Kier alpha value is -3.80. The standard InChI is InChI=1S/C28H31N3O3/c1-5-8-23-27(22-13-12-20-9-6-7-10-21(20)30-22)26(28(29)32)18(2)31(23)16-15-19-11-14-24(33-3)25(17-19)34-4/h6-7,9-14,17H,5,8,15-16H2,1-4H3,(H2,29,32). The van der Waals surface area contributed by atoms with Crippen LogP contribution in [0, 0.1) is 6.92 Å². The number of pyridine rings is 1. The van der Waals surface area contributed by atoms with Gasteiger partial charge in [-0.1, -0.05) is 43.7 Å². The van der Waals surface area contributed by atoms with Crippen molar-refractivity contribution >= 4 is 16.8 Å². The first-order chi connectivity index (χ1) is 16.5. The summed E-state index contributed by atoms with van der Waals surface area (Å²) in [6, 6.07) is 18.0. The van der Waals surface area contributed by atoms with Crippen molar-refractivity contribution in [3.05, 3.63) is 77.1 Å². The number of primary amides is 1. The van der Waals surface area contributed by atoms with Crippen molar-refractivity contribution in [2.45, 2.75) is 39.7 Å². The maximum atomic E-state index is 12.6. The van der Waals surface area contributed by atoms with Gasteiger partial charge in [-0.05, 0) is 49.6 Å². The molecule has 0 radical (unpaired) electrons. The average molecular weight is 458 g/mol. The van der Waals surface area contributed by atoms with Crippen LogP contribution in [0.15, 0.2) is 54.6 Å². The van der Waals surface area contributed by atoms with Crippen molar-refractivity contribution in [3.63, 3.8) is 0 Å². The minimum Gasteiger partial charge on any atom is -0.493 e. The highest BCUT2D eigenvalue weighted by molar-refractivity contribution is 6.02. The number of benzene rings is 2. The third-order valence-electron chi connectivity index (χ3n) is 6.29. The van der Waals surface area contributed by atoms with Gasteiger partial charge in [0.2, 0.25) is 0 Å². The summed E-state index contributed by atoms with van der Waals surface area (Å²) in [6.07, 6.45) is 2.54. The lowest BCUT2D eigenvalue weighted by molar-refractivity contribution is 0.1000. The van der Waals surface area contributed by atoms with Gasteiger partial charge in [0, 0.05) is 28.9 Å². The lowest BCUT2D eigenvalue weighted by atomic mass is 10.0. The Morgan fingerprint density at radius 3 is 2.47 bits per heavy atom. The first kappa shape index (κ1) is 23.4. The van der Waals surface area contributed by atoms with Crippen LogP contribution in [0.4, 0.5) is 0 Å². The van der Waals surface area contributed by atoms with Crippen LogP contribution in [-0.4, -0.2) is 29.7 Å². The third-order valence-corrected chi connectivity index (χ3v) is 6.29. The van der Waals surface area contributed by atoms with Crippen LogP contribution in [0.1, 0.15) is 40.7 Å². The largest absolute Gasteiger partial charge is 0.493 e. The van der Waals surface area contributed by atoms with Crippen LogP contribution in [0.25, 0.3) is 22.2 Å². The number of ether oxygens (including phenoxy) is 2. The van der Waals surface area contributed by atoms with Crippen LogP contribution in [0.2, 0.25) is 0 Å². The van der Waals surface area contributed by atoms with E-state index in [9.17, 15) is 4.79 Å². The molecular weight excluding hydrogens is 426 g/mol. The molecule has 0 saturated heterocycles. The number of fused-ring (bicyclic) bond motifs is 1. The fourth-order valence-electron chi connectivity index (χ4n) is 4.66. The number of nitrogens with two attached hydrogens (primary N) is 1. The fraction of sp³-hybridized carbons (Fsp3) is 0.286. The highest BCUT2D eigenvalue weighted by Gasteiger charge is 2.25. The minimum atomic E-state index is -0.426. The zero-order valence-electron chi connectivity index (χ0n) is 20.2. The summed E-state index contributed by atoms with van der Waals surface area (Å²) in [5, 5.41) is 1.06. The first-order valence-corrected chi connectivity index (χ1v) is 11.6. The van der Waals surface area contributed by atoms with Gasteiger partial charge < -0.3 is 19.8 Å². The third kappa shape index (κ3) is 4.36. The maximum Gasteiger partial charge on any atom is 0.251 e. The Bertz CT molecular complexity index is 1340. The van der Waals surface area contributed by atoms with E-state index < -0.39 is 5.91 Å². The van der Waals surface area contributed by atoms with Gasteiger partial charge in [-0.15, -0.1) is 0 Å². The average Bonchev–Trinajstić information content (AvgIpc) is 3.13. The molecule has 0 bridgehead atoms. The van der Waals surface area contributed by atoms with E-state index in [2.05, 4.69) is 17.6 Å². The number of carbonyl (C=O) groups excluding carboxylic acids is 1. The number of amides is 1. The molecule has 0 fully saturated rings. The second kappa shape index (κ2) is 10.00. The molecule has 2 aromatic heterocycles. The Morgan fingerprint density at radius 1 is 1.00 bits per heavy atom. The molecule has 0 aliphatic heterocycles. The number of aryl methyl sites for hydroxylation is 1. The summed E-state index contributed by atoms with van der Waals surface area (Å²) in [6.45, 7) is 4.82. The topological polar surface area (TPSA) is 79.4 Å². The van der Waals surface area contributed by atoms with Crippen molar-refractivity contribution in [1.82, 2.24) is 9.55 Å². The molecule has 2 N–H and O–H groups in total. The molecule has 34 heavy (non-hydrogen) atoms. The number of para-hydroxylation sites is 1. The maximum absolute atomic E-state index is 12.6. The molecule has 0 aliphatic carbocycles. The van der Waals surface area contributed by atoms with E-state index >= 15 is 0 Å². The first-order valence-electron chi connectivity index (χ1n) is 11.6. The molecule has 176 valence electrons. The van der Waals surface area contributed by atoms with Crippen molar-refractivity contribution < 1.29 is 14.3 Å². The van der Waals surface area contributed by atoms with E-state index in [0.29, 0.717) is 23.6 Å². The van der Waals surface area contributed by atoms with Crippen molar-refractivity contribution in [2.75, 3.05) is 14.2 Å². The molecule has 6 heteroatoms. The predicted molar refractivity (Wildman–Crippen MR) is 136 cm³/mol. The van der Waals surface area contributed by atoms with Crippen LogP contribution < -0.4 is 15.2 Å². The number of nitrogens with zero attached hydrogens (tertiary/aromatic N) is 2. The van der Waals surface area contributed by atoms with E-state index in [4.69, 9.17) is 20.2 Å². The summed E-state index contributed by atoms with van der Waals surface area (Å²) in [5.74, 6) is 0.984. The molecule has 0 saturated carbocycles. The summed E-state index contributed by atoms with van der Waals surface area (Å²) in [7, 11) is 3.27. The smallest absolute Gasteiger partial charge is 0.251 e. The number of rotatable bonds is 9. The van der Waals surface area contributed by atoms with E-state index in [0.717, 1.165) is 58.4 Å². The molecule has 0 spiro atoms. The number of aromatic nitrogens is 2. The monoisotopic (exact) mass is 457 g/mol. The highest BCUT2D eigenvalue weighted by atomic mass is 16.5. The summed E-state index contributed by atoms with van der Waals surface area (Å²) in [5.41, 5.74) is 12.1. The van der Waals surface area contributed by atoms with Crippen LogP contribution in [0.5, 0.6) is 11.5 Å². The molecule has 4 rings (SSSR count). The van der Waals surface area contributed by atoms with Crippen LogP contribution in [-0.2, 0) is 19.4 Å². The van der Waals surface area contributed by atoms with Crippen molar-refractivity contribution in [1.29, 1.82) is 0 Å². The Balaban J connectivity index is 1.79. The Morgan fingerprint density at radius 2 is 1.76 bits per heavy atom. The van der Waals surface area contributed by atoms with Gasteiger partial charge in [-0.2, -0.15) is 0 Å². The second-order valence-electron chi connectivity index (χ2n) is 8.38. The van der Waals surface area contributed by atoms with Crippen molar-refractivity contribution in [2.24, 2.45) is 5.73 Å². The van der Waals surface area contributed by atoms with Gasteiger partial charge in [-0.25, -0.2) is 4.98 Å². The Labute approximate surface area is 200 Å². The quantitative estimate of drug-likeness (QED) is 0.369. The van der Waals surface area contributed by atoms with Crippen LogP contribution >= 0.6 is 0 Å². The fourth-order valence-corrected chi connectivity index (χ4v) is 4.66. The zero-order chi connectivity index (χ0) is 24.2. The number of carbonyl (C=O) groups is 1. The second-order valence-corrected chi connectivity index (χ2v) is 8.38. The molecule has 0 atom stereocenters. The SMILES string of the molecule is CCCc1c(-c2ccc3ccccc3n2)c(C(N)=O)c(C)n1CCc1ccc(OC)c(OC)c1. The van der Waals surface area contributed by atoms with Gasteiger partial charge >= 0.3 is 0 Å². The lowest BCUT2D eigenvalue weighted by Gasteiger charge is -2.14. The molecule has 0 unspecified atom stereocenters. The van der Waals surface area contributed by atoms with Gasteiger partial charge in [0.15, 0.2) is 11.5 Å². The van der Waals surface area contributed by atoms with Crippen molar-refractivity contribution in [3.8, 4) is 22.8 Å². The highest BCUT2D eigenvalue weighted by Crippen LogP contribution is 2.34. The zero-order valence-corrected chi connectivity index (χ0v) is 20.2. The van der Waals surface area contributed by atoms with E-state index in [-0.39, 0.29) is 0 Å². The molecule has 2 heterocycles. The van der Waals surface area contributed by atoms with E-state index in [1.807, 2.05) is 55.5 Å².